The average Bonchev–Trinajstić information content (AvgIpc) is 3.25. The van der Waals surface area contributed by atoms with Gasteiger partial charge in [0, 0.05) is 0 Å². The molecule has 0 aromatic heterocycles. The SMILES string of the molecule is CCCc1cc(C)cc2[cH-]c(C)cc12.CCCc1cc(C)cc2[cH-]c(C)cc12.[CH3-].[CH3-].[Cl-].[Cl-].[Si]=[Zr+2]. The van der Waals surface area contributed by atoms with Gasteiger partial charge in [-0.3, -0.25) is 0 Å². The molecule has 2 radical (unpaired) electrons. The van der Waals surface area contributed by atoms with E-state index in [-0.39, 0.29) is 39.7 Å². The van der Waals surface area contributed by atoms with Gasteiger partial charge >= 0.3 is 30.2 Å². The van der Waals surface area contributed by atoms with E-state index >= 15 is 0 Å². The molecule has 0 N–H and O–H groups in total. The molecule has 4 aromatic rings. The number of rotatable bonds is 4. The zero-order chi connectivity index (χ0) is 22.3. The van der Waals surface area contributed by atoms with E-state index in [0.29, 0.717) is 0 Å². The molecule has 0 amide bonds. The molecule has 0 aliphatic carbocycles. The van der Waals surface area contributed by atoms with E-state index in [1.807, 2.05) is 0 Å². The summed E-state index contributed by atoms with van der Waals surface area (Å²) < 4.78 is 0. The van der Waals surface area contributed by atoms with E-state index in [4.69, 9.17) is 0 Å². The fourth-order valence-corrected chi connectivity index (χ4v) is 4.38. The summed E-state index contributed by atoms with van der Waals surface area (Å²) in [6.07, 6.45) is 4.84. The Morgan fingerprint density at radius 1 is 0.618 bits per heavy atom. The van der Waals surface area contributed by atoms with Crippen molar-refractivity contribution in [2.45, 2.75) is 67.2 Å². The summed E-state index contributed by atoms with van der Waals surface area (Å²) in [6.45, 7) is 16.2. The fourth-order valence-electron chi connectivity index (χ4n) is 4.38. The van der Waals surface area contributed by atoms with Crippen LogP contribution >= 0.6 is 0 Å². The standard InChI is InChI=1S/2C14H17.2CH3.2ClH.Si.Zr/c2*1-4-5-12-6-10(2)7-13-8-11(3)9-14(12)13;;;;;;/h2*6-9H,4-5H2,1-3H3;2*1H3;2*1H;;/q4*-1;;;;+2/p-2. The van der Waals surface area contributed by atoms with E-state index in [0.717, 1.165) is 0 Å². The Morgan fingerprint density at radius 2 is 0.941 bits per heavy atom. The first kappa shape index (κ1) is 37.9. The quantitative estimate of drug-likeness (QED) is 0.254. The molecule has 0 heterocycles. The van der Waals surface area contributed by atoms with Crippen LogP contribution in [0.1, 0.15) is 60.1 Å². The Bertz CT molecular complexity index is 1020. The summed E-state index contributed by atoms with van der Waals surface area (Å²) in [5, 5.41) is 5.72. The Kier molecular flexibility index (Phi) is 20.7. The molecule has 0 bridgehead atoms. The van der Waals surface area contributed by atoms with Crippen LogP contribution in [0.15, 0.2) is 48.5 Å². The average molecular weight is 591 g/mol. The van der Waals surface area contributed by atoms with E-state index in [1.54, 1.807) is 0 Å². The first-order valence-electron chi connectivity index (χ1n) is 11.0. The van der Waals surface area contributed by atoms with Gasteiger partial charge in [0.25, 0.3) is 0 Å². The van der Waals surface area contributed by atoms with Gasteiger partial charge in [-0.25, -0.2) is 0 Å². The normalized spacial score (nSPS) is 9.29. The predicted octanol–water partition coefficient (Wildman–Crippen LogP) is 2.78. The molecule has 0 nitrogen and oxygen atoms in total. The van der Waals surface area contributed by atoms with Crippen molar-refractivity contribution in [1.82, 2.24) is 0 Å². The van der Waals surface area contributed by atoms with Crippen LogP contribution in [0, 0.1) is 42.5 Å². The van der Waals surface area contributed by atoms with Crippen molar-refractivity contribution < 1.29 is 48.1 Å². The van der Waals surface area contributed by atoms with Crippen LogP contribution in [0.4, 0.5) is 0 Å². The van der Waals surface area contributed by atoms with Gasteiger partial charge in [-0.1, -0.05) is 74.9 Å². The molecule has 4 heteroatoms. The second-order valence-electron chi connectivity index (χ2n) is 8.42. The predicted molar refractivity (Wildman–Crippen MR) is 145 cm³/mol. The molecule has 0 atom stereocenters. The molecule has 0 fully saturated rings. The molecule has 0 saturated carbocycles. The van der Waals surface area contributed by atoms with Crippen molar-refractivity contribution in [1.29, 1.82) is 0 Å². The van der Waals surface area contributed by atoms with Gasteiger partial charge in [0.1, 0.15) is 0 Å². The number of hydrogen-bond donors (Lipinski definition) is 0. The number of hydrogen-bond acceptors (Lipinski definition) is 0. The summed E-state index contributed by atoms with van der Waals surface area (Å²) in [7, 11) is 0. The Morgan fingerprint density at radius 3 is 1.24 bits per heavy atom. The Hall–Kier alpha value is -0.660. The summed E-state index contributed by atoms with van der Waals surface area (Å²) >= 11 is 1.36. The molecule has 0 aliphatic rings. The molecule has 4 aromatic carbocycles. The minimum absolute atomic E-state index is 0. The Balaban J connectivity index is -0.000000475. The van der Waals surface area contributed by atoms with Crippen molar-refractivity contribution >= 4 is 28.4 Å². The molecule has 0 aliphatic heterocycles. The van der Waals surface area contributed by atoms with Crippen LogP contribution in [0.5, 0.6) is 0 Å². The van der Waals surface area contributed by atoms with Crippen LogP contribution < -0.4 is 24.8 Å². The van der Waals surface area contributed by atoms with Gasteiger partial charge in [0.2, 0.25) is 0 Å². The van der Waals surface area contributed by atoms with Gasteiger partial charge in [0.05, 0.1) is 0 Å². The van der Waals surface area contributed by atoms with Crippen LogP contribution in [0.2, 0.25) is 0 Å². The van der Waals surface area contributed by atoms with Gasteiger partial charge in [0.15, 0.2) is 0 Å². The van der Waals surface area contributed by atoms with Crippen LogP contribution in [0.25, 0.3) is 21.5 Å². The summed E-state index contributed by atoms with van der Waals surface area (Å²) in [5.74, 6) is 0. The van der Waals surface area contributed by atoms with Crippen molar-refractivity contribution in [3.8, 4) is 0 Å². The zero-order valence-electron chi connectivity index (χ0n) is 22.2. The van der Waals surface area contributed by atoms with Crippen molar-refractivity contribution in [3.63, 3.8) is 0 Å². The third kappa shape index (κ3) is 10.1. The number of benzene rings is 2. The van der Waals surface area contributed by atoms with E-state index in [2.05, 4.69) is 97.0 Å². The zero-order valence-corrected chi connectivity index (χ0v) is 27.2. The van der Waals surface area contributed by atoms with Crippen molar-refractivity contribution in [2.75, 3.05) is 0 Å². The molecule has 0 saturated heterocycles. The van der Waals surface area contributed by atoms with Crippen molar-refractivity contribution in [3.05, 3.63) is 96.8 Å². The fraction of sp³-hybridized carbons (Fsp3) is 0.333. The molecule has 34 heavy (non-hydrogen) atoms. The molecule has 0 unspecified atom stereocenters. The van der Waals surface area contributed by atoms with Crippen molar-refractivity contribution in [2.24, 2.45) is 0 Å². The minimum atomic E-state index is 0. The second kappa shape index (κ2) is 18.6. The van der Waals surface area contributed by atoms with Crippen LogP contribution in [0.3, 0.4) is 0 Å². The first-order chi connectivity index (χ1) is 14.4. The maximum atomic E-state index is 3.06. The topological polar surface area (TPSA) is 0 Å². The molecular weight excluding hydrogens is 551 g/mol. The van der Waals surface area contributed by atoms with Gasteiger partial charge in [-0.15, -0.1) is 56.9 Å². The first-order valence-corrected chi connectivity index (χ1v) is 15.2. The Labute approximate surface area is 239 Å². The van der Waals surface area contributed by atoms with E-state index in [1.165, 1.54) is 104 Å². The van der Waals surface area contributed by atoms with Gasteiger partial charge in [-0.05, 0) is 26.7 Å². The molecule has 186 valence electrons. The van der Waals surface area contributed by atoms with Gasteiger partial charge in [-0.2, -0.15) is 12.1 Å². The monoisotopic (exact) mass is 588 g/mol. The number of aryl methyl sites for hydroxylation is 6. The summed E-state index contributed by atoms with van der Waals surface area (Å²) in [4.78, 5) is 0. The maximum absolute atomic E-state index is 3.06. The number of fused-ring (bicyclic) bond motifs is 2. The summed E-state index contributed by atoms with van der Waals surface area (Å²) in [6, 6.07) is 18.4. The third-order valence-electron chi connectivity index (χ3n) is 5.43. The molecule has 4 rings (SSSR count). The number of halogens is 2. The van der Waals surface area contributed by atoms with E-state index < -0.39 is 0 Å². The van der Waals surface area contributed by atoms with E-state index in [9.17, 15) is 0 Å². The van der Waals surface area contributed by atoms with Crippen LogP contribution in [-0.2, 0) is 36.2 Å². The van der Waals surface area contributed by atoms with Gasteiger partial charge < -0.3 is 39.7 Å². The van der Waals surface area contributed by atoms with Crippen LogP contribution in [-0.4, -0.2) is 6.88 Å². The third-order valence-corrected chi connectivity index (χ3v) is 5.43. The molecular formula is C30H40Cl2SiZr-4. The summed E-state index contributed by atoms with van der Waals surface area (Å²) in [5.41, 5.74) is 8.54. The molecule has 0 spiro atoms. The second-order valence-corrected chi connectivity index (χ2v) is 8.42.